The quantitative estimate of drug-likeness (QED) is 0.392. The molecule has 3 heterocycles. The number of para-hydroxylation sites is 1. The second kappa shape index (κ2) is 10.1. The Balaban J connectivity index is 1.52. The average molecular weight is 455 g/mol. The largest absolute Gasteiger partial charge is 0.361 e. The number of benzene rings is 1. The van der Waals surface area contributed by atoms with Crippen LogP contribution in [0.4, 0.5) is 5.00 Å². The summed E-state index contributed by atoms with van der Waals surface area (Å²) in [4.78, 5) is 35.5. The molecule has 9 heteroatoms. The highest BCUT2D eigenvalue weighted by Crippen LogP contribution is 2.26. The van der Waals surface area contributed by atoms with Gasteiger partial charge in [0.2, 0.25) is 5.91 Å². The lowest BCUT2D eigenvalue weighted by Gasteiger charge is -2.27. The SMILES string of the molecule is CC(C)CCC(=O)NC(NC(=O)c1ncc(N2CCNCC2)s1)c1c[nH]c2ccccc12. The maximum absolute atomic E-state index is 13.1. The third kappa shape index (κ3) is 5.28. The molecule has 1 aromatic carbocycles. The van der Waals surface area contributed by atoms with E-state index >= 15 is 0 Å². The van der Waals surface area contributed by atoms with E-state index in [0.717, 1.165) is 54.1 Å². The van der Waals surface area contributed by atoms with Crippen molar-refractivity contribution in [3.63, 3.8) is 0 Å². The molecule has 0 saturated carbocycles. The first-order valence-electron chi connectivity index (χ1n) is 11.1. The molecule has 4 rings (SSSR count). The third-order valence-electron chi connectivity index (χ3n) is 5.58. The molecule has 0 radical (unpaired) electrons. The predicted molar refractivity (Wildman–Crippen MR) is 128 cm³/mol. The highest BCUT2D eigenvalue weighted by molar-refractivity contribution is 7.17. The second-order valence-electron chi connectivity index (χ2n) is 8.44. The number of aromatic amines is 1. The summed E-state index contributed by atoms with van der Waals surface area (Å²) in [6.45, 7) is 7.81. The molecule has 1 unspecified atom stereocenters. The first-order valence-corrected chi connectivity index (χ1v) is 11.9. The van der Waals surface area contributed by atoms with Crippen LogP contribution in [0.5, 0.6) is 0 Å². The number of anilines is 1. The van der Waals surface area contributed by atoms with Crippen LogP contribution in [0.25, 0.3) is 10.9 Å². The molecule has 1 aliphatic heterocycles. The number of thiazole rings is 1. The number of rotatable bonds is 8. The molecule has 1 saturated heterocycles. The fourth-order valence-electron chi connectivity index (χ4n) is 3.77. The Labute approximate surface area is 191 Å². The third-order valence-corrected chi connectivity index (χ3v) is 6.64. The Kier molecular flexibility index (Phi) is 7.06. The van der Waals surface area contributed by atoms with Crippen molar-refractivity contribution in [3.05, 3.63) is 47.2 Å². The molecule has 1 aliphatic rings. The Morgan fingerprint density at radius 2 is 1.97 bits per heavy atom. The Bertz CT molecular complexity index is 1070. The minimum atomic E-state index is -0.648. The lowest BCUT2D eigenvalue weighted by atomic mass is 10.1. The monoisotopic (exact) mass is 454 g/mol. The number of H-pyrrole nitrogens is 1. The van der Waals surface area contributed by atoms with E-state index in [-0.39, 0.29) is 11.8 Å². The van der Waals surface area contributed by atoms with E-state index in [1.54, 1.807) is 6.20 Å². The topological polar surface area (TPSA) is 102 Å². The molecule has 1 atom stereocenters. The van der Waals surface area contributed by atoms with Crippen molar-refractivity contribution in [2.75, 3.05) is 31.1 Å². The number of nitrogens with zero attached hydrogens (tertiary/aromatic N) is 2. The summed E-state index contributed by atoms with van der Waals surface area (Å²) in [6.07, 6.45) is 4.15. The van der Waals surface area contributed by atoms with Gasteiger partial charge in [-0.2, -0.15) is 0 Å². The van der Waals surface area contributed by atoms with Crippen molar-refractivity contribution in [1.82, 2.24) is 25.9 Å². The number of fused-ring (bicyclic) bond motifs is 1. The van der Waals surface area contributed by atoms with Gasteiger partial charge >= 0.3 is 0 Å². The van der Waals surface area contributed by atoms with Gasteiger partial charge in [0.1, 0.15) is 11.2 Å². The maximum Gasteiger partial charge on any atom is 0.282 e. The highest BCUT2D eigenvalue weighted by atomic mass is 32.1. The zero-order valence-electron chi connectivity index (χ0n) is 18.5. The summed E-state index contributed by atoms with van der Waals surface area (Å²) in [5.74, 6) is 0.0476. The molecule has 0 aliphatic carbocycles. The van der Waals surface area contributed by atoms with Gasteiger partial charge in [-0.1, -0.05) is 43.4 Å². The van der Waals surface area contributed by atoms with Crippen LogP contribution in [0.2, 0.25) is 0 Å². The molecule has 32 heavy (non-hydrogen) atoms. The van der Waals surface area contributed by atoms with Crippen molar-refractivity contribution < 1.29 is 9.59 Å². The first kappa shape index (κ1) is 22.3. The zero-order valence-corrected chi connectivity index (χ0v) is 19.3. The van der Waals surface area contributed by atoms with Crippen LogP contribution in [-0.4, -0.2) is 48.0 Å². The Morgan fingerprint density at radius 1 is 1.19 bits per heavy atom. The highest BCUT2D eigenvalue weighted by Gasteiger charge is 2.23. The predicted octanol–water partition coefficient (Wildman–Crippen LogP) is 3.02. The number of carbonyl (C=O) groups excluding carboxylic acids is 2. The van der Waals surface area contributed by atoms with Gasteiger partial charge in [-0.25, -0.2) is 4.98 Å². The molecule has 2 aromatic heterocycles. The lowest BCUT2D eigenvalue weighted by molar-refractivity contribution is -0.122. The van der Waals surface area contributed by atoms with Gasteiger partial charge in [0.05, 0.1) is 6.20 Å². The van der Waals surface area contributed by atoms with Gasteiger partial charge in [0.25, 0.3) is 5.91 Å². The van der Waals surface area contributed by atoms with Gasteiger partial charge in [-0.05, 0) is 18.4 Å². The van der Waals surface area contributed by atoms with Gasteiger partial charge in [0, 0.05) is 55.3 Å². The number of piperazine rings is 1. The minimum absolute atomic E-state index is 0.0880. The van der Waals surface area contributed by atoms with Gasteiger partial charge < -0.3 is 25.8 Å². The summed E-state index contributed by atoms with van der Waals surface area (Å²) in [6, 6.07) is 7.84. The summed E-state index contributed by atoms with van der Waals surface area (Å²) in [5, 5.41) is 11.7. The van der Waals surface area contributed by atoms with Crippen molar-refractivity contribution in [2.24, 2.45) is 5.92 Å². The summed E-state index contributed by atoms with van der Waals surface area (Å²) < 4.78 is 0. The van der Waals surface area contributed by atoms with E-state index in [0.29, 0.717) is 17.3 Å². The van der Waals surface area contributed by atoms with E-state index in [2.05, 4.69) is 44.7 Å². The van der Waals surface area contributed by atoms with E-state index in [9.17, 15) is 9.59 Å². The molecule has 4 N–H and O–H groups in total. The number of hydrogen-bond donors (Lipinski definition) is 4. The minimum Gasteiger partial charge on any atom is -0.361 e. The van der Waals surface area contributed by atoms with Crippen molar-refractivity contribution in [3.8, 4) is 0 Å². The second-order valence-corrected chi connectivity index (χ2v) is 9.45. The fourth-order valence-corrected chi connectivity index (χ4v) is 4.64. The molecular formula is C23H30N6O2S. The molecule has 8 nitrogen and oxygen atoms in total. The smallest absolute Gasteiger partial charge is 0.282 e. The average Bonchev–Trinajstić information content (AvgIpc) is 3.46. The summed E-state index contributed by atoms with van der Waals surface area (Å²) in [7, 11) is 0. The maximum atomic E-state index is 13.1. The van der Waals surface area contributed by atoms with E-state index < -0.39 is 6.17 Å². The number of nitrogens with one attached hydrogen (secondary N) is 4. The Hall–Kier alpha value is -2.91. The van der Waals surface area contributed by atoms with Crippen LogP contribution in [-0.2, 0) is 4.79 Å². The summed E-state index contributed by atoms with van der Waals surface area (Å²) >= 11 is 1.38. The van der Waals surface area contributed by atoms with Crippen LogP contribution in [0, 0.1) is 5.92 Å². The van der Waals surface area contributed by atoms with Crippen molar-refractivity contribution in [1.29, 1.82) is 0 Å². The van der Waals surface area contributed by atoms with Crippen molar-refractivity contribution >= 4 is 39.1 Å². The Morgan fingerprint density at radius 3 is 2.75 bits per heavy atom. The molecule has 170 valence electrons. The van der Waals surface area contributed by atoms with Crippen LogP contribution in [0.15, 0.2) is 36.7 Å². The fraction of sp³-hybridized carbons (Fsp3) is 0.435. The van der Waals surface area contributed by atoms with E-state index in [1.165, 1.54) is 11.3 Å². The van der Waals surface area contributed by atoms with Crippen LogP contribution < -0.4 is 20.9 Å². The first-order chi connectivity index (χ1) is 15.5. The molecule has 3 aromatic rings. The van der Waals surface area contributed by atoms with Gasteiger partial charge in [-0.15, -0.1) is 0 Å². The number of amides is 2. The number of aromatic nitrogens is 2. The molecule has 0 bridgehead atoms. The normalized spacial score (nSPS) is 15.2. The van der Waals surface area contributed by atoms with E-state index in [4.69, 9.17) is 0 Å². The summed E-state index contributed by atoms with van der Waals surface area (Å²) in [5.41, 5.74) is 1.78. The van der Waals surface area contributed by atoms with Crippen LogP contribution in [0.3, 0.4) is 0 Å². The zero-order chi connectivity index (χ0) is 22.5. The molecule has 1 fully saturated rings. The van der Waals surface area contributed by atoms with Gasteiger partial charge in [-0.3, -0.25) is 9.59 Å². The number of hydrogen-bond acceptors (Lipinski definition) is 6. The van der Waals surface area contributed by atoms with Crippen LogP contribution in [0.1, 0.15) is 48.2 Å². The molecule has 2 amide bonds. The van der Waals surface area contributed by atoms with Crippen molar-refractivity contribution in [2.45, 2.75) is 32.9 Å². The molecule has 0 spiro atoms. The van der Waals surface area contributed by atoms with Crippen LogP contribution >= 0.6 is 11.3 Å². The molecular weight excluding hydrogens is 424 g/mol. The van der Waals surface area contributed by atoms with Gasteiger partial charge in [0.15, 0.2) is 5.01 Å². The lowest BCUT2D eigenvalue weighted by Crippen LogP contribution is -2.43. The standard InChI is InChI=1S/C23H30N6O2S/c1-15(2)7-8-19(30)27-21(17-13-25-18-6-4-3-5-16(17)18)28-22(31)23-26-14-20(32-23)29-11-9-24-10-12-29/h3-6,13-15,21,24-25H,7-12H2,1-2H3,(H,27,30)(H,28,31). The van der Waals surface area contributed by atoms with E-state index in [1.807, 2.05) is 30.5 Å². The number of carbonyl (C=O) groups is 2.